The number of hydrogen-bond donors (Lipinski definition) is 0. The number of aryl methyl sites for hydroxylation is 1. The summed E-state index contributed by atoms with van der Waals surface area (Å²) < 4.78 is 11.8. The SMILES string of the molecule is Cc1nnc(C2CN(C(=O)c3ccccc3)CC23CCN(CCOc2ccccc2)CC3)o1. The minimum absolute atomic E-state index is 0.0415. The molecule has 3 heterocycles. The molecule has 2 fully saturated rings. The van der Waals surface area contributed by atoms with Crippen molar-refractivity contribution in [2.75, 3.05) is 39.3 Å². The Morgan fingerprint density at radius 1 is 1.06 bits per heavy atom. The van der Waals surface area contributed by atoms with Crippen LogP contribution in [0.3, 0.4) is 0 Å². The van der Waals surface area contributed by atoms with E-state index >= 15 is 0 Å². The molecule has 0 radical (unpaired) electrons. The third-order valence-electron chi connectivity index (χ3n) is 7.07. The van der Waals surface area contributed by atoms with E-state index in [-0.39, 0.29) is 17.2 Å². The lowest BCUT2D eigenvalue weighted by Gasteiger charge is -2.41. The first kappa shape index (κ1) is 21.6. The molecule has 1 unspecified atom stereocenters. The molecule has 2 aliphatic heterocycles. The monoisotopic (exact) mass is 446 g/mol. The summed E-state index contributed by atoms with van der Waals surface area (Å²) in [6, 6.07) is 19.5. The van der Waals surface area contributed by atoms with E-state index in [0.717, 1.165) is 50.3 Å². The number of hydrogen-bond acceptors (Lipinski definition) is 6. The number of nitrogens with zero attached hydrogens (tertiary/aromatic N) is 4. The molecule has 0 aliphatic carbocycles. The van der Waals surface area contributed by atoms with Crippen molar-refractivity contribution in [3.05, 3.63) is 78.0 Å². The molecule has 1 amide bonds. The average Bonchev–Trinajstić information content (AvgIpc) is 3.45. The summed E-state index contributed by atoms with van der Waals surface area (Å²) in [6.07, 6.45) is 1.98. The van der Waals surface area contributed by atoms with E-state index in [1.807, 2.05) is 72.5 Å². The number of rotatable bonds is 6. The maximum absolute atomic E-state index is 13.2. The van der Waals surface area contributed by atoms with Crippen LogP contribution >= 0.6 is 0 Å². The van der Waals surface area contributed by atoms with Gasteiger partial charge in [0.25, 0.3) is 5.91 Å². The zero-order chi connectivity index (χ0) is 22.7. The van der Waals surface area contributed by atoms with E-state index in [1.54, 1.807) is 0 Å². The first-order chi connectivity index (χ1) is 16.1. The van der Waals surface area contributed by atoms with Gasteiger partial charge < -0.3 is 14.1 Å². The Morgan fingerprint density at radius 2 is 1.76 bits per heavy atom. The molecule has 5 rings (SSSR count). The highest BCUT2D eigenvalue weighted by atomic mass is 16.5. The van der Waals surface area contributed by atoms with Crippen LogP contribution in [0.1, 0.15) is 40.9 Å². The van der Waals surface area contributed by atoms with Gasteiger partial charge in [0.1, 0.15) is 12.4 Å². The molecule has 3 aromatic rings. The van der Waals surface area contributed by atoms with Crippen LogP contribution in [0.25, 0.3) is 0 Å². The fourth-order valence-corrected chi connectivity index (χ4v) is 5.22. The highest BCUT2D eigenvalue weighted by Gasteiger charge is 2.52. The van der Waals surface area contributed by atoms with Gasteiger partial charge in [-0.25, -0.2) is 0 Å². The molecule has 7 nitrogen and oxygen atoms in total. The number of ether oxygens (including phenoxy) is 1. The number of carbonyl (C=O) groups excluding carboxylic acids is 1. The van der Waals surface area contributed by atoms with Crippen LogP contribution in [0.2, 0.25) is 0 Å². The predicted molar refractivity (Wildman–Crippen MR) is 124 cm³/mol. The van der Waals surface area contributed by atoms with E-state index in [4.69, 9.17) is 9.15 Å². The van der Waals surface area contributed by atoms with Gasteiger partial charge in [-0.2, -0.15) is 0 Å². The molecule has 1 spiro atoms. The predicted octanol–water partition coefficient (Wildman–Crippen LogP) is 3.78. The Bertz CT molecular complexity index is 1060. The van der Waals surface area contributed by atoms with Gasteiger partial charge in [-0.15, -0.1) is 10.2 Å². The van der Waals surface area contributed by atoms with Gasteiger partial charge in [-0.1, -0.05) is 36.4 Å². The summed E-state index contributed by atoms with van der Waals surface area (Å²) >= 11 is 0. The van der Waals surface area contributed by atoms with Gasteiger partial charge >= 0.3 is 0 Å². The molecule has 1 atom stereocenters. The van der Waals surface area contributed by atoms with Gasteiger partial charge in [0.05, 0.1) is 5.92 Å². The Kier molecular flexibility index (Phi) is 6.13. The van der Waals surface area contributed by atoms with Crippen molar-refractivity contribution in [2.24, 2.45) is 5.41 Å². The molecule has 0 saturated carbocycles. The summed E-state index contributed by atoms with van der Waals surface area (Å²) in [6.45, 7) is 6.65. The molecule has 2 aliphatic rings. The lowest BCUT2D eigenvalue weighted by Crippen LogP contribution is -2.45. The van der Waals surface area contributed by atoms with Crippen LogP contribution < -0.4 is 4.74 Å². The molecule has 172 valence electrons. The average molecular weight is 447 g/mol. The second-order valence-corrected chi connectivity index (χ2v) is 9.13. The fourth-order valence-electron chi connectivity index (χ4n) is 5.22. The zero-order valence-corrected chi connectivity index (χ0v) is 19.0. The standard InChI is InChI=1S/C26H30N4O3/c1-20-27-28-24(33-20)23-18-30(25(31)21-8-4-2-5-9-21)19-26(23)12-14-29(15-13-26)16-17-32-22-10-6-3-7-11-22/h2-11,23H,12-19H2,1H3. The van der Waals surface area contributed by atoms with Crippen LogP contribution in [0.15, 0.2) is 65.1 Å². The lowest BCUT2D eigenvalue weighted by molar-refractivity contribution is 0.0674. The van der Waals surface area contributed by atoms with E-state index in [9.17, 15) is 4.79 Å². The van der Waals surface area contributed by atoms with Crippen LogP contribution in [0, 0.1) is 12.3 Å². The van der Waals surface area contributed by atoms with E-state index < -0.39 is 0 Å². The van der Waals surface area contributed by atoms with Crippen molar-refractivity contribution < 1.29 is 13.9 Å². The van der Waals surface area contributed by atoms with Gasteiger partial charge in [0.2, 0.25) is 11.8 Å². The first-order valence-electron chi connectivity index (χ1n) is 11.7. The smallest absolute Gasteiger partial charge is 0.253 e. The molecular weight excluding hydrogens is 416 g/mol. The van der Waals surface area contributed by atoms with Crippen LogP contribution in [0.4, 0.5) is 0 Å². The molecular formula is C26H30N4O3. The molecule has 2 aromatic carbocycles. The molecule has 7 heteroatoms. The number of aromatic nitrogens is 2. The van der Waals surface area contributed by atoms with Crippen molar-refractivity contribution in [2.45, 2.75) is 25.7 Å². The summed E-state index contributed by atoms with van der Waals surface area (Å²) in [5, 5.41) is 8.43. The molecule has 0 N–H and O–H groups in total. The highest BCUT2D eigenvalue weighted by molar-refractivity contribution is 5.94. The van der Waals surface area contributed by atoms with Crippen molar-refractivity contribution in [1.82, 2.24) is 20.0 Å². The van der Waals surface area contributed by atoms with Crippen LogP contribution in [-0.2, 0) is 0 Å². The van der Waals surface area contributed by atoms with Gasteiger partial charge in [-0.3, -0.25) is 9.69 Å². The quantitative estimate of drug-likeness (QED) is 0.574. The summed E-state index contributed by atoms with van der Waals surface area (Å²) in [7, 11) is 0. The third-order valence-corrected chi connectivity index (χ3v) is 7.07. The van der Waals surface area contributed by atoms with Crippen LogP contribution in [-0.4, -0.2) is 65.2 Å². The second kappa shape index (κ2) is 9.35. The number of likely N-dealkylation sites (tertiary alicyclic amines) is 2. The third kappa shape index (κ3) is 4.64. The largest absolute Gasteiger partial charge is 0.492 e. The minimum atomic E-state index is -0.0415. The van der Waals surface area contributed by atoms with E-state index in [1.165, 1.54) is 0 Å². The van der Waals surface area contributed by atoms with Crippen molar-refractivity contribution >= 4 is 5.91 Å². The Morgan fingerprint density at radius 3 is 2.42 bits per heavy atom. The van der Waals surface area contributed by atoms with Gasteiger partial charge in [-0.05, 0) is 50.2 Å². The summed E-state index contributed by atoms with van der Waals surface area (Å²) in [4.78, 5) is 17.7. The number of benzene rings is 2. The number of para-hydroxylation sites is 1. The zero-order valence-electron chi connectivity index (χ0n) is 19.0. The molecule has 1 aromatic heterocycles. The summed E-state index contributed by atoms with van der Waals surface area (Å²) in [5.74, 6) is 2.28. The van der Waals surface area contributed by atoms with Crippen molar-refractivity contribution in [1.29, 1.82) is 0 Å². The normalized spacial score (nSPS) is 20.3. The summed E-state index contributed by atoms with van der Waals surface area (Å²) in [5.41, 5.74) is 0.686. The first-order valence-corrected chi connectivity index (χ1v) is 11.7. The topological polar surface area (TPSA) is 71.7 Å². The maximum atomic E-state index is 13.2. The second-order valence-electron chi connectivity index (χ2n) is 9.13. The maximum Gasteiger partial charge on any atom is 0.253 e. The fraction of sp³-hybridized carbons (Fsp3) is 0.423. The number of carbonyl (C=O) groups is 1. The Hall–Kier alpha value is -3.19. The highest BCUT2D eigenvalue weighted by Crippen LogP contribution is 2.49. The Balaban J connectivity index is 1.26. The van der Waals surface area contributed by atoms with Crippen molar-refractivity contribution in [3.8, 4) is 5.75 Å². The lowest BCUT2D eigenvalue weighted by atomic mass is 9.70. The van der Waals surface area contributed by atoms with Gasteiger partial charge in [0, 0.05) is 37.5 Å². The van der Waals surface area contributed by atoms with E-state index in [0.29, 0.717) is 24.9 Å². The van der Waals surface area contributed by atoms with Crippen molar-refractivity contribution in [3.63, 3.8) is 0 Å². The van der Waals surface area contributed by atoms with Gasteiger partial charge in [0.15, 0.2) is 0 Å². The minimum Gasteiger partial charge on any atom is -0.492 e. The Labute approximate surface area is 194 Å². The number of amides is 1. The van der Waals surface area contributed by atoms with Crippen LogP contribution in [0.5, 0.6) is 5.75 Å². The molecule has 0 bridgehead atoms. The molecule has 2 saturated heterocycles. The number of piperidine rings is 1. The molecule has 33 heavy (non-hydrogen) atoms. The van der Waals surface area contributed by atoms with E-state index in [2.05, 4.69) is 15.1 Å².